The first-order valence-electron chi connectivity index (χ1n) is 10.7. The van der Waals surface area contributed by atoms with E-state index in [1.165, 1.54) is 0 Å². The molecule has 0 saturated heterocycles. The molecule has 7 heteroatoms. The number of nitrogens with one attached hydrogen (secondary N) is 2. The van der Waals surface area contributed by atoms with E-state index >= 15 is 0 Å². The van der Waals surface area contributed by atoms with Crippen LogP contribution in [0.2, 0.25) is 0 Å². The van der Waals surface area contributed by atoms with Crippen LogP contribution in [0.15, 0.2) is 59.8 Å². The number of esters is 1. The van der Waals surface area contributed by atoms with Gasteiger partial charge in [-0.05, 0) is 54.7 Å². The highest BCUT2D eigenvalue weighted by Gasteiger charge is 2.31. The summed E-state index contributed by atoms with van der Waals surface area (Å²) >= 11 is 5.34. The summed E-state index contributed by atoms with van der Waals surface area (Å²) in [4.78, 5) is 13.0. The van der Waals surface area contributed by atoms with Crippen LogP contribution in [0.5, 0.6) is 11.5 Å². The van der Waals surface area contributed by atoms with E-state index in [0.717, 1.165) is 17.5 Å². The van der Waals surface area contributed by atoms with Gasteiger partial charge in [-0.25, -0.2) is 4.79 Å². The van der Waals surface area contributed by atoms with Crippen LogP contribution in [-0.4, -0.2) is 24.8 Å². The number of hydrogen-bond acceptors (Lipinski definition) is 5. The summed E-state index contributed by atoms with van der Waals surface area (Å²) in [7, 11) is 1.60. The van der Waals surface area contributed by atoms with Crippen molar-refractivity contribution < 1.29 is 19.0 Å². The van der Waals surface area contributed by atoms with E-state index in [1.807, 2.05) is 55.5 Å². The summed E-state index contributed by atoms with van der Waals surface area (Å²) < 4.78 is 17.1. The van der Waals surface area contributed by atoms with Crippen LogP contribution in [0, 0.1) is 5.92 Å². The van der Waals surface area contributed by atoms with Gasteiger partial charge in [-0.1, -0.05) is 50.2 Å². The van der Waals surface area contributed by atoms with Crippen LogP contribution >= 0.6 is 12.2 Å². The Balaban J connectivity index is 1.82. The van der Waals surface area contributed by atoms with Crippen molar-refractivity contribution in [3.8, 4) is 11.5 Å². The van der Waals surface area contributed by atoms with Gasteiger partial charge in [0.1, 0.15) is 6.61 Å². The van der Waals surface area contributed by atoms with Crippen LogP contribution < -0.4 is 20.1 Å². The number of ether oxygens (including phenoxy) is 3. The lowest BCUT2D eigenvalue weighted by atomic mass is 9.95. The molecule has 0 aromatic heterocycles. The maximum absolute atomic E-state index is 13.0. The average Bonchev–Trinajstić information content (AvgIpc) is 2.77. The maximum atomic E-state index is 13.0. The number of benzene rings is 2. The molecule has 2 N–H and O–H groups in total. The first-order chi connectivity index (χ1) is 15.4. The molecule has 2 aromatic rings. The molecule has 32 heavy (non-hydrogen) atoms. The molecular formula is C25H30N2O4S. The number of allylic oxidation sites excluding steroid dienone is 1. The topological polar surface area (TPSA) is 68.8 Å². The zero-order chi connectivity index (χ0) is 23.1. The molecule has 0 amide bonds. The second-order valence-corrected chi connectivity index (χ2v) is 8.48. The maximum Gasteiger partial charge on any atom is 0.338 e. The molecule has 1 aliphatic heterocycles. The molecule has 0 radical (unpaired) electrons. The molecule has 0 bridgehead atoms. The summed E-state index contributed by atoms with van der Waals surface area (Å²) in [6.07, 6.45) is 0.953. The van der Waals surface area contributed by atoms with E-state index in [9.17, 15) is 4.79 Å². The number of rotatable bonds is 9. The summed E-state index contributed by atoms with van der Waals surface area (Å²) in [5.74, 6) is 1.42. The van der Waals surface area contributed by atoms with Gasteiger partial charge < -0.3 is 24.8 Å². The molecule has 170 valence electrons. The van der Waals surface area contributed by atoms with E-state index in [1.54, 1.807) is 7.11 Å². The van der Waals surface area contributed by atoms with Crippen molar-refractivity contribution in [2.75, 3.05) is 13.7 Å². The van der Waals surface area contributed by atoms with Crippen molar-refractivity contribution in [3.05, 3.63) is 70.9 Å². The number of hydrogen-bond donors (Lipinski definition) is 2. The van der Waals surface area contributed by atoms with Gasteiger partial charge in [0.15, 0.2) is 16.6 Å². The van der Waals surface area contributed by atoms with Gasteiger partial charge in [0.2, 0.25) is 0 Å². The Morgan fingerprint density at radius 1 is 1.12 bits per heavy atom. The fourth-order valence-electron chi connectivity index (χ4n) is 3.40. The lowest BCUT2D eigenvalue weighted by Gasteiger charge is -2.30. The normalized spacial score (nSPS) is 15.8. The number of thiocarbonyl (C=S) groups is 1. The first-order valence-corrected chi connectivity index (χ1v) is 11.1. The van der Waals surface area contributed by atoms with Crippen molar-refractivity contribution in [2.45, 2.75) is 39.8 Å². The van der Waals surface area contributed by atoms with Crippen LogP contribution in [-0.2, 0) is 16.1 Å². The van der Waals surface area contributed by atoms with Crippen LogP contribution in [0.1, 0.15) is 44.4 Å². The second-order valence-electron chi connectivity index (χ2n) is 8.07. The van der Waals surface area contributed by atoms with Gasteiger partial charge in [-0.3, -0.25) is 0 Å². The number of carbonyl (C=O) groups excluding carboxylic acids is 1. The fourth-order valence-corrected chi connectivity index (χ4v) is 3.67. The molecule has 1 atom stereocenters. The predicted molar refractivity (Wildman–Crippen MR) is 128 cm³/mol. The zero-order valence-electron chi connectivity index (χ0n) is 18.9. The molecule has 6 nitrogen and oxygen atoms in total. The highest BCUT2D eigenvalue weighted by molar-refractivity contribution is 7.80. The molecule has 3 rings (SSSR count). The minimum atomic E-state index is -0.467. The standard InChI is InChI=1S/C25H30N2O4S/c1-16(2)12-13-30-20-11-10-19(14-21(20)29-4)23-22(17(3)26-25(32)27-23)24(28)31-15-18-8-6-5-7-9-18/h5-11,14,16,23H,12-13,15H2,1-4H3,(H2,26,27,32). The fraction of sp³-hybridized carbons (Fsp3) is 0.360. The third-order valence-corrected chi connectivity index (χ3v) is 5.40. The summed E-state index contributed by atoms with van der Waals surface area (Å²) in [5.41, 5.74) is 2.89. The lowest BCUT2D eigenvalue weighted by molar-refractivity contribution is -0.140. The van der Waals surface area contributed by atoms with Crippen LogP contribution in [0.4, 0.5) is 0 Å². The average molecular weight is 455 g/mol. The van der Waals surface area contributed by atoms with Gasteiger partial charge in [-0.2, -0.15) is 0 Å². The van der Waals surface area contributed by atoms with Crippen LogP contribution in [0.25, 0.3) is 0 Å². The highest BCUT2D eigenvalue weighted by atomic mass is 32.1. The number of methoxy groups -OCH3 is 1. The van der Waals surface area contributed by atoms with E-state index in [-0.39, 0.29) is 6.61 Å². The lowest BCUT2D eigenvalue weighted by Crippen LogP contribution is -2.45. The van der Waals surface area contributed by atoms with E-state index in [2.05, 4.69) is 24.5 Å². The van der Waals surface area contributed by atoms with Crippen molar-refractivity contribution in [3.63, 3.8) is 0 Å². The monoisotopic (exact) mass is 454 g/mol. The summed E-state index contributed by atoms with van der Waals surface area (Å²) in [6.45, 7) is 6.93. The third kappa shape index (κ3) is 6.01. The smallest absolute Gasteiger partial charge is 0.338 e. The van der Waals surface area contributed by atoms with Crippen molar-refractivity contribution in [2.24, 2.45) is 5.92 Å². The summed E-state index contributed by atoms with van der Waals surface area (Å²) in [6, 6.07) is 14.8. The largest absolute Gasteiger partial charge is 0.493 e. The van der Waals surface area contributed by atoms with E-state index < -0.39 is 12.0 Å². The van der Waals surface area contributed by atoms with Crippen molar-refractivity contribution in [1.29, 1.82) is 0 Å². The Hall–Kier alpha value is -3.06. The quantitative estimate of drug-likeness (QED) is 0.422. The molecule has 2 aromatic carbocycles. The van der Waals surface area contributed by atoms with Crippen LogP contribution in [0.3, 0.4) is 0 Å². The van der Waals surface area contributed by atoms with Gasteiger partial charge in [0, 0.05) is 5.70 Å². The Morgan fingerprint density at radius 3 is 2.56 bits per heavy atom. The van der Waals surface area contributed by atoms with E-state index in [4.69, 9.17) is 26.4 Å². The second kappa shape index (κ2) is 11.0. The zero-order valence-corrected chi connectivity index (χ0v) is 19.8. The molecule has 0 saturated carbocycles. The Bertz CT molecular complexity index is 989. The van der Waals surface area contributed by atoms with Gasteiger partial charge in [0.05, 0.1) is 25.3 Å². The molecule has 0 fully saturated rings. The third-order valence-electron chi connectivity index (χ3n) is 5.18. The van der Waals surface area contributed by atoms with E-state index in [0.29, 0.717) is 40.4 Å². The molecule has 1 unspecified atom stereocenters. The summed E-state index contributed by atoms with van der Waals surface area (Å²) in [5, 5.41) is 6.66. The van der Waals surface area contributed by atoms with Crippen molar-refractivity contribution in [1.82, 2.24) is 10.6 Å². The Morgan fingerprint density at radius 2 is 1.88 bits per heavy atom. The SMILES string of the molecule is COc1cc(C2NC(=S)NC(C)=C2C(=O)OCc2ccccc2)ccc1OCCC(C)C. The number of carbonyl (C=O) groups is 1. The molecular weight excluding hydrogens is 424 g/mol. The van der Waals surface area contributed by atoms with Gasteiger partial charge >= 0.3 is 5.97 Å². The highest BCUT2D eigenvalue weighted by Crippen LogP contribution is 2.35. The molecule has 1 heterocycles. The minimum Gasteiger partial charge on any atom is -0.493 e. The Labute approximate surface area is 194 Å². The molecule has 1 aliphatic rings. The van der Waals surface area contributed by atoms with Gasteiger partial charge in [-0.15, -0.1) is 0 Å². The van der Waals surface area contributed by atoms with Gasteiger partial charge in [0.25, 0.3) is 0 Å². The Kier molecular flexibility index (Phi) is 8.11. The molecule has 0 aliphatic carbocycles. The van der Waals surface area contributed by atoms with Crippen molar-refractivity contribution >= 4 is 23.3 Å². The predicted octanol–water partition coefficient (Wildman–Crippen LogP) is 4.66. The first kappa shape index (κ1) is 23.6. The molecule has 0 spiro atoms. The minimum absolute atomic E-state index is 0.194.